The van der Waals surface area contributed by atoms with Crippen LogP contribution >= 0.6 is 0 Å². The second kappa shape index (κ2) is 7.90. The molecule has 0 spiro atoms. The van der Waals surface area contributed by atoms with Crippen molar-refractivity contribution in [2.24, 2.45) is 0 Å². The van der Waals surface area contributed by atoms with Gasteiger partial charge >= 0.3 is 0 Å². The van der Waals surface area contributed by atoms with E-state index in [9.17, 15) is 20.4 Å². The molecule has 130 valence electrons. The first-order valence-electron chi connectivity index (χ1n) is 7.75. The van der Waals surface area contributed by atoms with Crippen molar-refractivity contribution in [1.82, 2.24) is 0 Å². The Morgan fingerprint density at radius 2 is 1.12 bits per heavy atom. The molecule has 0 saturated carbocycles. The fourth-order valence-corrected chi connectivity index (χ4v) is 2.34. The number of aliphatic hydroxyl groups excluding tert-OH is 2. The van der Waals surface area contributed by atoms with E-state index in [-0.39, 0.29) is 23.0 Å². The fourth-order valence-electron chi connectivity index (χ4n) is 2.34. The van der Waals surface area contributed by atoms with E-state index in [0.717, 1.165) is 0 Å². The Hall–Kier alpha value is -2.44. The molecular weight excluding hydrogens is 312 g/mol. The number of aromatic hydroxyl groups is 2. The van der Waals surface area contributed by atoms with Crippen molar-refractivity contribution in [2.45, 2.75) is 26.1 Å². The maximum absolute atomic E-state index is 10.4. The van der Waals surface area contributed by atoms with E-state index < -0.39 is 12.2 Å². The summed E-state index contributed by atoms with van der Waals surface area (Å²) in [6, 6.07) is 8.79. The zero-order valence-corrected chi connectivity index (χ0v) is 13.6. The number of phenolic OH excluding ortho intramolecular Hbond substituents is 2. The van der Waals surface area contributed by atoms with Crippen LogP contribution in [0.25, 0.3) is 0 Å². The van der Waals surface area contributed by atoms with Crippen molar-refractivity contribution in [3.63, 3.8) is 0 Å². The largest absolute Gasteiger partial charge is 0.504 e. The van der Waals surface area contributed by atoms with Gasteiger partial charge in [-0.3, -0.25) is 0 Å². The number of aliphatic hydroxyl groups is 2. The molecule has 2 aromatic rings. The Balaban J connectivity index is 2.27. The molecule has 0 bridgehead atoms. The first kappa shape index (κ1) is 17.9. The number of hydrogen-bond acceptors (Lipinski definition) is 6. The molecule has 0 radical (unpaired) electrons. The predicted molar refractivity (Wildman–Crippen MR) is 88.5 cm³/mol. The number of rotatable bonds is 7. The van der Waals surface area contributed by atoms with Gasteiger partial charge in [0.05, 0.1) is 13.2 Å². The number of ether oxygens (including phenoxy) is 2. The molecule has 2 rings (SSSR count). The summed E-state index contributed by atoms with van der Waals surface area (Å²) in [6.07, 6.45) is -2.47. The van der Waals surface area contributed by atoms with Crippen LogP contribution in [0.5, 0.6) is 23.0 Å². The van der Waals surface area contributed by atoms with Crippen LogP contribution in [0.3, 0.4) is 0 Å². The van der Waals surface area contributed by atoms with Crippen molar-refractivity contribution >= 4 is 0 Å². The quantitative estimate of drug-likeness (QED) is 0.621. The molecule has 0 fully saturated rings. The third kappa shape index (κ3) is 3.90. The molecule has 0 heterocycles. The van der Waals surface area contributed by atoms with Gasteiger partial charge in [0.15, 0.2) is 23.0 Å². The lowest BCUT2D eigenvalue weighted by Crippen LogP contribution is -2.11. The van der Waals surface area contributed by atoms with Crippen molar-refractivity contribution in [1.29, 1.82) is 0 Å². The molecule has 2 unspecified atom stereocenters. The average molecular weight is 334 g/mol. The van der Waals surface area contributed by atoms with Gasteiger partial charge in [-0.15, -0.1) is 0 Å². The van der Waals surface area contributed by atoms with Gasteiger partial charge in [-0.25, -0.2) is 0 Å². The summed E-state index contributed by atoms with van der Waals surface area (Å²) >= 11 is 0. The van der Waals surface area contributed by atoms with Gasteiger partial charge in [-0.1, -0.05) is 12.1 Å². The van der Waals surface area contributed by atoms with E-state index in [0.29, 0.717) is 24.3 Å². The van der Waals surface area contributed by atoms with Crippen LogP contribution in [0.1, 0.15) is 37.2 Å². The van der Waals surface area contributed by atoms with Crippen molar-refractivity contribution in [3.8, 4) is 23.0 Å². The first-order chi connectivity index (χ1) is 11.5. The fraction of sp³-hybridized carbons (Fsp3) is 0.333. The monoisotopic (exact) mass is 334 g/mol. The van der Waals surface area contributed by atoms with Crippen LogP contribution in [0.2, 0.25) is 0 Å². The van der Waals surface area contributed by atoms with Gasteiger partial charge in [0.1, 0.15) is 12.2 Å². The topological polar surface area (TPSA) is 99.4 Å². The van der Waals surface area contributed by atoms with Gasteiger partial charge in [0.25, 0.3) is 0 Å². The van der Waals surface area contributed by atoms with Crippen LogP contribution in [0, 0.1) is 0 Å². The zero-order chi connectivity index (χ0) is 17.7. The van der Waals surface area contributed by atoms with Gasteiger partial charge < -0.3 is 29.9 Å². The van der Waals surface area contributed by atoms with E-state index in [2.05, 4.69) is 0 Å². The summed E-state index contributed by atoms with van der Waals surface area (Å²) in [6.45, 7) is 4.29. The van der Waals surface area contributed by atoms with E-state index in [4.69, 9.17) is 9.47 Å². The average Bonchev–Trinajstić information content (AvgIpc) is 2.58. The van der Waals surface area contributed by atoms with E-state index in [1.54, 1.807) is 13.8 Å². The van der Waals surface area contributed by atoms with E-state index in [1.807, 2.05) is 0 Å². The van der Waals surface area contributed by atoms with Crippen molar-refractivity contribution in [3.05, 3.63) is 47.5 Å². The molecule has 6 nitrogen and oxygen atoms in total. The minimum absolute atomic E-state index is 0.0365. The predicted octanol–water partition coefficient (Wildman–Crippen LogP) is 2.66. The SMILES string of the molecule is CCOc1cc(C(O)C(O)c2ccc(O)c(OCC)c2)ccc1O. The Morgan fingerprint density at radius 1 is 0.750 bits per heavy atom. The molecule has 0 aliphatic heterocycles. The summed E-state index contributed by atoms with van der Waals surface area (Å²) in [5.74, 6) is 0.403. The van der Waals surface area contributed by atoms with Crippen molar-refractivity contribution in [2.75, 3.05) is 13.2 Å². The standard InChI is InChI=1S/C18H22O6/c1-3-23-15-9-11(5-7-13(15)19)17(21)18(22)12-6-8-14(20)16(10-12)24-4-2/h5-10,17-22H,3-4H2,1-2H3. The molecule has 2 aromatic carbocycles. The second-order valence-corrected chi connectivity index (χ2v) is 5.21. The third-order valence-electron chi connectivity index (χ3n) is 3.55. The molecule has 0 saturated heterocycles. The maximum Gasteiger partial charge on any atom is 0.161 e. The highest BCUT2D eigenvalue weighted by Crippen LogP contribution is 2.37. The molecule has 0 aromatic heterocycles. The van der Waals surface area contributed by atoms with Gasteiger partial charge in [0, 0.05) is 0 Å². The molecular formula is C18H22O6. The summed E-state index contributed by atoms with van der Waals surface area (Å²) in [5.41, 5.74) is 0.796. The third-order valence-corrected chi connectivity index (χ3v) is 3.55. The van der Waals surface area contributed by atoms with Crippen LogP contribution in [0.4, 0.5) is 0 Å². The van der Waals surface area contributed by atoms with Crippen molar-refractivity contribution < 1.29 is 29.9 Å². The summed E-state index contributed by atoms with van der Waals surface area (Å²) in [5, 5.41) is 40.3. The lowest BCUT2D eigenvalue weighted by atomic mass is 9.97. The Bertz CT molecular complexity index is 626. The lowest BCUT2D eigenvalue weighted by molar-refractivity contribution is 0.0169. The zero-order valence-electron chi connectivity index (χ0n) is 13.6. The minimum Gasteiger partial charge on any atom is -0.504 e. The van der Waals surface area contributed by atoms with Gasteiger partial charge in [-0.2, -0.15) is 0 Å². The van der Waals surface area contributed by atoms with Crippen LogP contribution in [-0.4, -0.2) is 33.6 Å². The molecule has 0 aliphatic carbocycles. The smallest absolute Gasteiger partial charge is 0.161 e. The Morgan fingerprint density at radius 3 is 1.46 bits per heavy atom. The minimum atomic E-state index is -1.23. The Labute approximate surface area is 140 Å². The van der Waals surface area contributed by atoms with Crippen LogP contribution < -0.4 is 9.47 Å². The molecule has 2 atom stereocenters. The van der Waals surface area contributed by atoms with E-state index >= 15 is 0 Å². The molecule has 0 aliphatic rings. The van der Waals surface area contributed by atoms with Crippen LogP contribution in [0.15, 0.2) is 36.4 Å². The Kier molecular flexibility index (Phi) is 5.89. The molecule has 0 amide bonds. The highest BCUT2D eigenvalue weighted by molar-refractivity contribution is 5.45. The number of hydrogen-bond donors (Lipinski definition) is 4. The molecule has 24 heavy (non-hydrogen) atoms. The first-order valence-corrected chi connectivity index (χ1v) is 7.75. The summed E-state index contributed by atoms with van der Waals surface area (Å²) in [7, 11) is 0. The second-order valence-electron chi connectivity index (χ2n) is 5.21. The molecule has 6 heteroatoms. The lowest BCUT2D eigenvalue weighted by Gasteiger charge is -2.20. The van der Waals surface area contributed by atoms with Crippen LogP contribution in [-0.2, 0) is 0 Å². The highest BCUT2D eigenvalue weighted by atomic mass is 16.5. The van der Waals surface area contributed by atoms with E-state index in [1.165, 1.54) is 36.4 Å². The number of phenols is 2. The molecule has 4 N–H and O–H groups in total. The van der Waals surface area contributed by atoms with Gasteiger partial charge in [0.2, 0.25) is 0 Å². The highest BCUT2D eigenvalue weighted by Gasteiger charge is 2.22. The summed E-state index contributed by atoms with van der Waals surface area (Å²) < 4.78 is 10.6. The number of benzene rings is 2. The maximum atomic E-state index is 10.4. The normalized spacial score (nSPS) is 13.3. The summed E-state index contributed by atoms with van der Waals surface area (Å²) in [4.78, 5) is 0. The van der Waals surface area contributed by atoms with Gasteiger partial charge in [-0.05, 0) is 49.2 Å².